The van der Waals surface area contributed by atoms with Crippen LogP contribution in [0.1, 0.15) is 12.5 Å². The molecule has 0 spiro atoms. The van der Waals surface area contributed by atoms with Crippen molar-refractivity contribution in [3.8, 4) is 5.75 Å². The summed E-state index contributed by atoms with van der Waals surface area (Å²) in [7, 11) is 1.52. The number of nitrogens with one attached hydrogen (secondary N) is 3. The minimum atomic E-state index is -0.213. The lowest BCUT2D eigenvalue weighted by atomic mass is 10.2. The monoisotopic (exact) mass is 327 g/mol. The van der Waals surface area contributed by atoms with Crippen LogP contribution in [0.15, 0.2) is 42.5 Å². The summed E-state index contributed by atoms with van der Waals surface area (Å²) in [6.45, 7) is 3.54. The number of carbonyl (C=O) groups is 2. The second-order valence-electron chi connectivity index (χ2n) is 5.37. The summed E-state index contributed by atoms with van der Waals surface area (Å²) in [5, 5.41) is 8.52. The first-order valence-electron chi connectivity index (χ1n) is 7.54. The van der Waals surface area contributed by atoms with E-state index in [2.05, 4.69) is 16.0 Å². The number of hydrogen-bond donors (Lipinski definition) is 3. The molecular formula is C18H21N3O3. The third-order valence-corrected chi connectivity index (χ3v) is 3.27. The lowest BCUT2D eigenvalue weighted by molar-refractivity contribution is -0.115. The topological polar surface area (TPSA) is 79.5 Å². The van der Waals surface area contributed by atoms with Crippen molar-refractivity contribution in [2.45, 2.75) is 13.8 Å². The zero-order chi connectivity index (χ0) is 17.5. The average Bonchev–Trinajstić information content (AvgIpc) is 2.53. The molecule has 0 saturated heterocycles. The Kier molecular flexibility index (Phi) is 5.78. The molecule has 2 rings (SSSR count). The number of methoxy groups -OCH3 is 1. The molecule has 0 aliphatic carbocycles. The number of benzene rings is 2. The first-order chi connectivity index (χ1) is 11.5. The van der Waals surface area contributed by atoms with Crippen molar-refractivity contribution in [3.05, 3.63) is 48.0 Å². The predicted molar refractivity (Wildman–Crippen MR) is 95.6 cm³/mol. The first-order valence-corrected chi connectivity index (χ1v) is 7.54. The molecule has 2 aromatic rings. The molecule has 0 heterocycles. The Morgan fingerprint density at radius 3 is 2.50 bits per heavy atom. The fourth-order valence-electron chi connectivity index (χ4n) is 2.22. The van der Waals surface area contributed by atoms with Gasteiger partial charge in [0.05, 0.1) is 19.3 Å². The molecule has 126 valence electrons. The van der Waals surface area contributed by atoms with E-state index in [1.807, 2.05) is 31.2 Å². The van der Waals surface area contributed by atoms with Crippen LogP contribution in [-0.2, 0) is 9.59 Å². The van der Waals surface area contributed by atoms with Crippen LogP contribution in [0, 0.1) is 6.92 Å². The number of aryl methyl sites for hydroxylation is 1. The molecule has 3 N–H and O–H groups in total. The molecule has 24 heavy (non-hydrogen) atoms. The zero-order valence-electron chi connectivity index (χ0n) is 14.0. The minimum Gasteiger partial charge on any atom is -0.495 e. The van der Waals surface area contributed by atoms with Crippen molar-refractivity contribution in [1.82, 2.24) is 0 Å². The van der Waals surface area contributed by atoms with Crippen molar-refractivity contribution < 1.29 is 14.3 Å². The van der Waals surface area contributed by atoms with E-state index < -0.39 is 0 Å². The number of amides is 2. The van der Waals surface area contributed by atoms with Crippen LogP contribution in [0.5, 0.6) is 5.75 Å². The van der Waals surface area contributed by atoms with E-state index in [4.69, 9.17) is 4.74 Å². The van der Waals surface area contributed by atoms with Crippen molar-refractivity contribution in [2.75, 3.05) is 29.6 Å². The van der Waals surface area contributed by atoms with Gasteiger partial charge in [-0.3, -0.25) is 9.59 Å². The van der Waals surface area contributed by atoms with Gasteiger partial charge in [0, 0.05) is 18.3 Å². The van der Waals surface area contributed by atoms with Crippen LogP contribution in [0.4, 0.5) is 17.1 Å². The van der Waals surface area contributed by atoms with E-state index in [0.717, 1.165) is 11.3 Å². The highest BCUT2D eigenvalue weighted by Crippen LogP contribution is 2.27. The fourth-order valence-corrected chi connectivity index (χ4v) is 2.22. The molecule has 2 amide bonds. The summed E-state index contributed by atoms with van der Waals surface area (Å²) in [5.74, 6) is 0.126. The van der Waals surface area contributed by atoms with Crippen LogP contribution in [0.25, 0.3) is 0 Å². The molecule has 0 aliphatic rings. The van der Waals surface area contributed by atoms with E-state index in [9.17, 15) is 9.59 Å². The van der Waals surface area contributed by atoms with Gasteiger partial charge in [0.15, 0.2) is 0 Å². The van der Waals surface area contributed by atoms with Gasteiger partial charge in [-0.15, -0.1) is 0 Å². The normalized spacial score (nSPS) is 9.96. The van der Waals surface area contributed by atoms with Crippen LogP contribution < -0.4 is 20.7 Å². The lowest BCUT2D eigenvalue weighted by Crippen LogP contribution is -2.22. The summed E-state index contributed by atoms with van der Waals surface area (Å²) >= 11 is 0. The predicted octanol–water partition coefficient (Wildman–Crippen LogP) is 3.01. The lowest BCUT2D eigenvalue weighted by Gasteiger charge is -2.13. The molecule has 0 radical (unpaired) electrons. The summed E-state index contributed by atoms with van der Waals surface area (Å²) in [6, 6.07) is 12.8. The number of ether oxygens (including phenoxy) is 1. The molecule has 0 bridgehead atoms. The molecule has 6 nitrogen and oxygen atoms in total. The summed E-state index contributed by atoms with van der Waals surface area (Å²) in [4.78, 5) is 23.3. The molecule has 0 aromatic heterocycles. The average molecular weight is 327 g/mol. The molecule has 0 atom stereocenters. The maximum Gasteiger partial charge on any atom is 0.243 e. The highest BCUT2D eigenvalue weighted by atomic mass is 16.5. The second kappa shape index (κ2) is 8.01. The Hall–Kier alpha value is -3.02. The quantitative estimate of drug-likeness (QED) is 0.762. The molecule has 0 saturated carbocycles. The highest BCUT2D eigenvalue weighted by Gasteiger charge is 2.09. The number of carbonyl (C=O) groups excluding carboxylic acids is 2. The van der Waals surface area contributed by atoms with Crippen molar-refractivity contribution in [3.63, 3.8) is 0 Å². The van der Waals surface area contributed by atoms with Gasteiger partial charge in [0.1, 0.15) is 5.75 Å². The largest absolute Gasteiger partial charge is 0.495 e. The van der Waals surface area contributed by atoms with Crippen LogP contribution in [-0.4, -0.2) is 25.5 Å². The number of hydrogen-bond acceptors (Lipinski definition) is 4. The second-order valence-corrected chi connectivity index (χ2v) is 5.37. The van der Waals surface area contributed by atoms with E-state index in [0.29, 0.717) is 17.1 Å². The molecule has 6 heteroatoms. The molecule has 0 aliphatic heterocycles. The SMILES string of the molecule is COc1ccc(NC(C)=O)cc1NC(=O)CNc1cccc(C)c1. The van der Waals surface area contributed by atoms with Crippen molar-refractivity contribution in [2.24, 2.45) is 0 Å². The van der Waals surface area contributed by atoms with Gasteiger partial charge in [-0.05, 0) is 42.8 Å². The van der Waals surface area contributed by atoms with E-state index in [1.54, 1.807) is 18.2 Å². The van der Waals surface area contributed by atoms with Gasteiger partial charge in [0.25, 0.3) is 0 Å². The van der Waals surface area contributed by atoms with Gasteiger partial charge >= 0.3 is 0 Å². The molecule has 0 unspecified atom stereocenters. The third kappa shape index (κ3) is 5.01. The third-order valence-electron chi connectivity index (χ3n) is 3.27. The fraction of sp³-hybridized carbons (Fsp3) is 0.222. The minimum absolute atomic E-state index is 0.122. The Morgan fingerprint density at radius 1 is 1.04 bits per heavy atom. The van der Waals surface area contributed by atoms with Gasteiger partial charge in [-0.1, -0.05) is 12.1 Å². The first kappa shape index (κ1) is 17.3. The van der Waals surface area contributed by atoms with Crippen LogP contribution in [0.2, 0.25) is 0 Å². The number of anilines is 3. The Labute approximate surface area is 141 Å². The standard InChI is InChI=1S/C18H21N3O3/c1-12-5-4-6-14(9-12)19-11-18(23)21-16-10-15(20-13(2)22)7-8-17(16)24-3/h4-10,19H,11H2,1-3H3,(H,20,22)(H,21,23). The van der Waals surface area contributed by atoms with Gasteiger partial charge in [-0.2, -0.15) is 0 Å². The van der Waals surface area contributed by atoms with Crippen molar-refractivity contribution >= 4 is 28.9 Å². The molecule has 0 fully saturated rings. The van der Waals surface area contributed by atoms with E-state index >= 15 is 0 Å². The van der Waals surface area contributed by atoms with Gasteiger partial charge < -0.3 is 20.7 Å². The molecule has 2 aromatic carbocycles. The maximum absolute atomic E-state index is 12.2. The van der Waals surface area contributed by atoms with Crippen molar-refractivity contribution in [1.29, 1.82) is 0 Å². The Morgan fingerprint density at radius 2 is 1.83 bits per heavy atom. The maximum atomic E-state index is 12.2. The van der Waals surface area contributed by atoms with Gasteiger partial charge in [0.2, 0.25) is 11.8 Å². The molecular weight excluding hydrogens is 306 g/mol. The highest BCUT2D eigenvalue weighted by molar-refractivity contribution is 5.96. The van der Waals surface area contributed by atoms with Crippen LogP contribution >= 0.6 is 0 Å². The summed E-state index contributed by atoms with van der Waals surface area (Å²) in [6.07, 6.45) is 0. The van der Waals surface area contributed by atoms with Gasteiger partial charge in [-0.25, -0.2) is 0 Å². The smallest absolute Gasteiger partial charge is 0.243 e. The summed E-state index contributed by atoms with van der Waals surface area (Å²) in [5.41, 5.74) is 3.08. The van der Waals surface area contributed by atoms with Crippen LogP contribution in [0.3, 0.4) is 0 Å². The number of rotatable bonds is 6. The Balaban J connectivity index is 2.03. The zero-order valence-corrected chi connectivity index (χ0v) is 14.0. The van der Waals surface area contributed by atoms with E-state index in [1.165, 1.54) is 14.0 Å². The Bertz CT molecular complexity index is 744. The summed E-state index contributed by atoms with van der Waals surface area (Å²) < 4.78 is 5.24. The van der Waals surface area contributed by atoms with E-state index in [-0.39, 0.29) is 18.4 Å².